The smallest absolute Gasteiger partial charge is 0.171 e. The van der Waals surface area contributed by atoms with E-state index >= 15 is 0 Å². The van der Waals surface area contributed by atoms with Crippen LogP contribution in [0.5, 0.6) is 0 Å². The molecule has 4 heteroatoms. The van der Waals surface area contributed by atoms with Crippen molar-refractivity contribution in [1.82, 2.24) is 10.5 Å². The Morgan fingerprint density at radius 1 is 1.31 bits per heavy atom. The molecule has 0 aliphatic rings. The summed E-state index contributed by atoms with van der Waals surface area (Å²) in [6.45, 7) is 3.62. The molecule has 0 saturated carbocycles. The van der Waals surface area contributed by atoms with E-state index in [1.54, 1.807) is 18.3 Å². The number of aromatic nitrogens is 1. The van der Waals surface area contributed by atoms with E-state index in [2.05, 4.69) is 10.5 Å². The van der Waals surface area contributed by atoms with Gasteiger partial charge in [-0.05, 0) is 30.8 Å². The van der Waals surface area contributed by atoms with E-state index in [9.17, 15) is 4.39 Å². The van der Waals surface area contributed by atoms with Crippen LogP contribution in [0.1, 0.15) is 12.5 Å². The lowest BCUT2D eigenvalue weighted by Crippen LogP contribution is -2.11. The molecule has 0 amide bonds. The first-order chi connectivity index (χ1) is 7.81. The molecule has 0 aliphatic carbocycles. The summed E-state index contributed by atoms with van der Waals surface area (Å²) in [5.74, 6) is 0.442. The lowest BCUT2D eigenvalue weighted by Gasteiger charge is -2.01. The summed E-state index contributed by atoms with van der Waals surface area (Å²) < 4.78 is 17.9. The lowest BCUT2D eigenvalue weighted by molar-refractivity contribution is 0.431. The van der Waals surface area contributed by atoms with Crippen molar-refractivity contribution >= 4 is 0 Å². The van der Waals surface area contributed by atoms with Crippen molar-refractivity contribution < 1.29 is 8.91 Å². The number of hydrogen-bond acceptors (Lipinski definition) is 3. The second-order valence-corrected chi connectivity index (χ2v) is 3.47. The van der Waals surface area contributed by atoms with Crippen LogP contribution in [0.15, 0.2) is 35.0 Å². The molecule has 0 spiro atoms. The van der Waals surface area contributed by atoms with Gasteiger partial charge in [0.05, 0.1) is 6.20 Å². The van der Waals surface area contributed by atoms with Crippen LogP contribution in [0.25, 0.3) is 11.3 Å². The van der Waals surface area contributed by atoms with E-state index in [0.717, 1.165) is 17.7 Å². The zero-order chi connectivity index (χ0) is 11.4. The Morgan fingerprint density at radius 3 is 2.75 bits per heavy atom. The van der Waals surface area contributed by atoms with Gasteiger partial charge >= 0.3 is 0 Å². The summed E-state index contributed by atoms with van der Waals surface area (Å²) in [6.07, 6.45) is 1.68. The summed E-state index contributed by atoms with van der Waals surface area (Å²) in [5, 5.41) is 6.96. The summed E-state index contributed by atoms with van der Waals surface area (Å²) >= 11 is 0. The maximum Gasteiger partial charge on any atom is 0.171 e. The molecule has 1 heterocycles. The topological polar surface area (TPSA) is 38.1 Å². The van der Waals surface area contributed by atoms with Gasteiger partial charge in [-0.1, -0.05) is 12.1 Å². The van der Waals surface area contributed by atoms with Gasteiger partial charge in [-0.25, -0.2) is 4.39 Å². The normalized spacial score (nSPS) is 10.6. The number of hydrogen-bond donors (Lipinski definition) is 1. The number of rotatable bonds is 4. The Morgan fingerprint density at radius 2 is 2.06 bits per heavy atom. The van der Waals surface area contributed by atoms with E-state index < -0.39 is 0 Å². The predicted octanol–water partition coefficient (Wildman–Crippen LogP) is 2.59. The number of halogens is 1. The van der Waals surface area contributed by atoms with Crippen LogP contribution >= 0.6 is 0 Å². The third-order valence-corrected chi connectivity index (χ3v) is 2.32. The molecule has 2 aromatic rings. The van der Waals surface area contributed by atoms with Crippen molar-refractivity contribution in [2.75, 3.05) is 6.54 Å². The summed E-state index contributed by atoms with van der Waals surface area (Å²) in [6, 6.07) is 6.19. The monoisotopic (exact) mass is 220 g/mol. The SMILES string of the molecule is CCNCc1cnoc1-c1ccc(F)cc1. The summed E-state index contributed by atoms with van der Waals surface area (Å²) in [7, 11) is 0. The molecular weight excluding hydrogens is 207 g/mol. The molecule has 1 aromatic heterocycles. The lowest BCUT2D eigenvalue weighted by atomic mass is 10.1. The van der Waals surface area contributed by atoms with Crippen molar-refractivity contribution in [1.29, 1.82) is 0 Å². The maximum atomic E-state index is 12.8. The van der Waals surface area contributed by atoms with Crippen molar-refractivity contribution in [3.05, 3.63) is 41.8 Å². The maximum absolute atomic E-state index is 12.8. The zero-order valence-electron chi connectivity index (χ0n) is 9.03. The van der Waals surface area contributed by atoms with Gasteiger partial charge in [0, 0.05) is 17.7 Å². The van der Waals surface area contributed by atoms with Gasteiger partial charge in [0.1, 0.15) is 5.82 Å². The predicted molar refractivity (Wildman–Crippen MR) is 59.3 cm³/mol. The minimum absolute atomic E-state index is 0.253. The average Bonchev–Trinajstić information content (AvgIpc) is 2.75. The molecule has 1 N–H and O–H groups in total. The van der Waals surface area contributed by atoms with Crippen LogP contribution in [-0.4, -0.2) is 11.7 Å². The van der Waals surface area contributed by atoms with Crippen molar-refractivity contribution in [3.63, 3.8) is 0 Å². The first kappa shape index (κ1) is 10.8. The van der Waals surface area contributed by atoms with Gasteiger partial charge in [-0.2, -0.15) is 0 Å². The second-order valence-electron chi connectivity index (χ2n) is 3.47. The molecule has 0 unspecified atom stereocenters. The van der Waals surface area contributed by atoms with E-state index in [0.29, 0.717) is 12.3 Å². The Hall–Kier alpha value is -1.68. The van der Waals surface area contributed by atoms with E-state index in [4.69, 9.17) is 4.52 Å². The highest BCUT2D eigenvalue weighted by atomic mass is 19.1. The summed E-state index contributed by atoms with van der Waals surface area (Å²) in [5.41, 5.74) is 1.82. The minimum atomic E-state index is -0.253. The number of nitrogens with one attached hydrogen (secondary N) is 1. The molecule has 1 aromatic carbocycles. The summed E-state index contributed by atoms with van der Waals surface area (Å²) in [4.78, 5) is 0. The molecular formula is C12H13FN2O. The Balaban J connectivity index is 2.26. The fraction of sp³-hybridized carbons (Fsp3) is 0.250. The average molecular weight is 220 g/mol. The molecule has 0 fully saturated rings. The Bertz CT molecular complexity index is 450. The minimum Gasteiger partial charge on any atom is -0.356 e. The molecule has 84 valence electrons. The Labute approximate surface area is 93.3 Å². The fourth-order valence-corrected chi connectivity index (χ4v) is 1.48. The number of benzene rings is 1. The molecule has 0 bridgehead atoms. The van der Waals surface area contributed by atoms with Crippen molar-refractivity contribution in [2.24, 2.45) is 0 Å². The van der Waals surface area contributed by atoms with Gasteiger partial charge in [-0.15, -0.1) is 0 Å². The van der Waals surface area contributed by atoms with Gasteiger partial charge in [0.15, 0.2) is 5.76 Å². The highest BCUT2D eigenvalue weighted by molar-refractivity contribution is 5.60. The van der Waals surface area contributed by atoms with Gasteiger partial charge in [0.25, 0.3) is 0 Å². The molecule has 0 radical (unpaired) electrons. The zero-order valence-corrected chi connectivity index (χ0v) is 9.03. The largest absolute Gasteiger partial charge is 0.356 e. The van der Waals surface area contributed by atoms with Crippen LogP contribution in [-0.2, 0) is 6.54 Å². The second kappa shape index (κ2) is 4.90. The quantitative estimate of drug-likeness (QED) is 0.860. The van der Waals surface area contributed by atoms with Crippen LogP contribution in [0.2, 0.25) is 0 Å². The van der Waals surface area contributed by atoms with Crippen LogP contribution in [0.3, 0.4) is 0 Å². The van der Waals surface area contributed by atoms with Gasteiger partial charge < -0.3 is 9.84 Å². The molecule has 0 saturated heterocycles. The number of nitrogens with zero attached hydrogens (tertiary/aromatic N) is 1. The van der Waals surface area contributed by atoms with Crippen molar-refractivity contribution in [3.8, 4) is 11.3 Å². The van der Waals surface area contributed by atoms with E-state index in [1.165, 1.54) is 12.1 Å². The standard InChI is InChI=1S/C12H13FN2O/c1-2-14-7-10-8-15-16-12(10)9-3-5-11(13)6-4-9/h3-6,8,14H,2,7H2,1H3. The molecule has 16 heavy (non-hydrogen) atoms. The van der Waals surface area contributed by atoms with Crippen LogP contribution in [0.4, 0.5) is 4.39 Å². The highest BCUT2D eigenvalue weighted by Gasteiger charge is 2.09. The molecule has 2 rings (SSSR count). The van der Waals surface area contributed by atoms with Gasteiger partial charge in [0.2, 0.25) is 0 Å². The highest BCUT2D eigenvalue weighted by Crippen LogP contribution is 2.23. The van der Waals surface area contributed by atoms with Crippen molar-refractivity contribution in [2.45, 2.75) is 13.5 Å². The third-order valence-electron chi connectivity index (χ3n) is 2.32. The first-order valence-corrected chi connectivity index (χ1v) is 5.21. The van der Waals surface area contributed by atoms with E-state index in [-0.39, 0.29) is 5.82 Å². The first-order valence-electron chi connectivity index (χ1n) is 5.21. The fourth-order valence-electron chi connectivity index (χ4n) is 1.48. The van der Waals surface area contributed by atoms with Gasteiger partial charge in [-0.3, -0.25) is 0 Å². The molecule has 0 aliphatic heterocycles. The molecule has 0 atom stereocenters. The Kier molecular flexibility index (Phi) is 3.31. The van der Waals surface area contributed by atoms with Crippen LogP contribution in [0, 0.1) is 5.82 Å². The van der Waals surface area contributed by atoms with E-state index in [1.807, 2.05) is 6.92 Å². The van der Waals surface area contributed by atoms with Crippen LogP contribution < -0.4 is 5.32 Å². The molecule has 3 nitrogen and oxygen atoms in total. The third kappa shape index (κ3) is 2.28.